The van der Waals surface area contributed by atoms with E-state index in [0.717, 1.165) is 0 Å². The molecule has 3 aliphatic rings. The first-order valence-corrected chi connectivity index (χ1v) is 3.10. The highest BCUT2D eigenvalue weighted by Crippen LogP contribution is 2.49. The van der Waals surface area contributed by atoms with Gasteiger partial charge in [0.05, 0.1) is 5.92 Å². The summed E-state index contributed by atoms with van der Waals surface area (Å²) in [5, 5.41) is 8.55. The normalized spacial score (nSPS) is 42.4. The van der Waals surface area contributed by atoms with Crippen LogP contribution < -0.4 is 0 Å². The Bertz CT molecular complexity index is 214. The van der Waals surface area contributed by atoms with E-state index in [2.05, 4.69) is 4.74 Å². The summed E-state index contributed by atoms with van der Waals surface area (Å²) in [4.78, 5) is 21.1. The van der Waals surface area contributed by atoms with E-state index < -0.39 is 11.6 Å². The van der Waals surface area contributed by atoms with Crippen LogP contribution in [0.5, 0.6) is 0 Å². The molecule has 1 N–H and O–H groups in total. The van der Waals surface area contributed by atoms with Crippen molar-refractivity contribution in [2.75, 3.05) is 0 Å². The Morgan fingerprint density at radius 1 is 1.70 bits per heavy atom. The van der Waals surface area contributed by atoms with Gasteiger partial charge in [-0.1, -0.05) is 0 Å². The van der Waals surface area contributed by atoms with Crippen LogP contribution in [0.15, 0.2) is 0 Å². The fourth-order valence-electron chi connectivity index (χ4n) is 1.48. The lowest BCUT2D eigenvalue weighted by Gasteiger charge is -2.28. The van der Waals surface area contributed by atoms with Gasteiger partial charge < -0.3 is 9.84 Å². The van der Waals surface area contributed by atoms with Crippen molar-refractivity contribution in [1.29, 1.82) is 0 Å². The minimum atomic E-state index is -1.12. The van der Waals surface area contributed by atoms with Crippen LogP contribution >= 0.6 is 0 Å². The number of carboxylic acids is 1. The van der Waals surface area contributed by atoms with Gasteiger partial charge in [0.1, 0.15) is 0 Å². The number of carbonyl (C=O) groups excluding carboxylic acids is 1. The first-order chi connectivity index (χ1) is 4.64. The van der Waals surface area contributed by atoms with Crippen LogP contribution in [0.25, 0.3) is 0 Å². The Kier molecular flexibility index (Phi) is 0.760. The highest BCUT2D eigenvalue weighted by Gasteiger charge is 2.63. The van der Waals surface area contributed by atoms with E-state index in [1.807, 2.05) is 0 Å². The summed E-state index contributed by atoms with van der Waals surface area (Å²) in [6, 6.07) is 0. The third-order valence-electron chi connectivity index (χ3n) is 2.17. The fraction of sp³-hybridized carbons (Fsp3) is 0.667. The molecule has 3 rings (SSSR count). The van der Waals surface area contributed by atoms with E-state index in [9.17, 15) is 9.59 Å². The second-order valence-electron chi connectivity index (χ2n) is 2.83. The highest BCUT2D eigenvalue weighted by atomic mass is 16.6. The summed E-state index contributed by atoms with van der Waals surface area (Å²) < 4.78 is 4.65. The van der Waals surface area contributed by atoms with Gasteiger partial charge in [-0.2, -0.15) is 0 Å². The van der Waals surface area contributed by atoms with Gasteiger partial charge in [-0.05, 0) is 0 Å². The average molecular weight is 142 g/mol. The van der Waals surface area contributed by atoms with Crippen molar-refractivity contribution >= 4 is 11.9 Å². The first-order valence-electron chi connectivity index (χ1n) is 3.10. The quantitative estimate of drug-likeness (QED) is 0.514. The van der Waals surface area contributed by atoms with Gasteiger partial charge in [-0.3, -0.25) is 4.79 Å². The van der Waals surface area contributed by atoms with Crippen molar-refractivity contribution in [3.05, 3.63) is 0 Å². The van der Waals surface area contributed by atoms with Crippen molar-refractivity contribution in [3.8, 4) is 0 Å². The Morgan fingerprint density at radius 2 is 2.30 bits per heavy atom. The third-order valence-corrected chi connectivity index (χ3v) is 2.17. The number of hydrogen-bond donors (Lipinski definition) is 1. The van der Waals surface area contributed by atoms with Gasteiger partial charge in [0.25, 0.3) is 0 Å². The van der Waals surface area contributed by atoms with Crippen molar-refractivity contribution in [2.45, 2.75) is 18.4 Å². The van der Waals surface area contributed by atoms with Gasteiger partial charge in [0, 0.05) is 12.8 Å². The summed E-state index contributed by atoms with van der Waals surface area (Å²) in [6.07, 6.45) is 0.752. The molecule has 0 spiro atoms. The van der Waals surface area contributed by atoms with Crippen molar-refractivity contribution in [1.82, 2.24) is 0 Å². The number of aliphatic carboxylic acids is 1. The van der Waals surface area contributed by atoms with Crippen LogP contribution in [0.1, 0.15) is 12.8 Å². The van der Waals surface area contributed by atoms with Gasteiger partial charge >= 0.3 is 11.9 Å². The van der Waals surface area contributed by atoms with Crippen molar-refractivity contribution in [3.63, 3.8) is 0 Å². The maximum atomic E-state index is 10.6. The van der Waals surface area contributed by atoms with Crippen molar-refractivity contribution in [2.24, 2.45) is 5.92 Å². The van der Waals surface area contributed by atoms with Gasteiger partial charge in [0.2, 0.25) is 5.60 Å². The summed E-state index contributed by atoms with van der Waals surface area (Å²) in [5.74, 6) is -1.48. The van der Waals surface area contributed by atoms with E-state index >= 15 is 0 Å². The average Bonchev–Trinajstić information content (AvgIpc) is 2.16. The van der Waals surface area contributed by atoms with Crippen LogP contribution in [0.3, 0.4) is 0 Å². The molecular weight excluding hydrogens is 136 g/mol. The van der Waals surface area contributed by atoms with Crippen LogP contribution in [0.4, 0.5) is 0 Å². The predicted molar refractivity (Wildman–Crippen MR) is 29.2 cm³/mol. The standard InChI is InChI=1S/C6H6O4/c7-4-3-1-6(2-3,10-4)5(8)9/h3H,1-2H2,(H,8,9). The molecule has 1 saturated carbocycles. The molecule has 3 fully saturated rings. The van der Waals surface area contributed by atoms with E-state index in [-0.39, 0.29) is 11.9 Å². The minimum Gasteiger partial charge on any atom is -0.478 e. The molecule has 0 atom stereocenters. The number of hydrogen-bond acceptors (Lipinski definition) is 3. The Morgan fingerprint density at radius 3 is 2.50 bits per heavy atom. The molecule has 0 radical (unpaired) electrons. The fourth-order valence-corrected chi connectivity index (χ4v) is 1.48. The second-order valence-corrected chi connectivity index (χ2v) is 2.83. The number of carbonyl (C=O) groups is 2. The SMILES string of the molecule is O=C1OC2(C(=O)O)CC1C2. The third kappa shape index (κ3) is 0.427. The van der Waals surface area contributed by atoms with Crippen LogP contribution in [0, 0.1) is 5.92 Å². The summed E-state index contributed by atoms with van der Waals surface area (Å²) in [6.45, 7) is 0. The zero-order valence-corrected chi connectivity index (χ0v) is 5.16. The lowest BCUT2D eigenvalue weighted by molar-refractivity contribution is -0.167. The summed E-state index contributed by atoms with van der Waals surface area (Å²) in [5.41, 5.74) is -1.12. The molecule has 10 heavy (non-hydrogen) atoms. The summed E-state index contributed by atoms with van der Waals surface area (Å²) >= 11 is 0. The molecule has 2 heterocycles. The van der Waals surface area contributed by atoms with Crippen LogP contribution in [0.2, 0.25) is 0 Å². The smallest absolute Gasteiger partial charge is 0.348 e. The van der Waals surface area contributed by atoms with Crippen molar-refractivity contribution < 1.29 is 19.4 Å². The number of fused-ring (bicyclic) bond motifs is 1. The van der Waals surface area contributed by atoms with Gasteiger partial charge in [-0.15, -0.1) is 0 Å². The maximum Gasteiger partial charge on any atom is 0.348 e. The predicted octanol–water partition coefficient (Wildman–Crippen LogP) is -0.223. The molecule has 1 aliphatic carbocycles. The number of carboxylic acid groups (broad SMARTS) is 1. The lowest BCUT2D eigenvalue weighted by Crippen LogP contribution is -2.44. The largest absolute Gasteiger partial charge is 0.478 e. The molecule has 0 aromatic heterocycles. The highest BCUT2D eigenvalue weighted by molar-refractivity contribution is 5.91. The van der Waals surface area contributed by atoms with Crippen LogP contribution in [-0.4, -0.2) is 22.6 Å². The van der Waals surface area contributed by atoms with E-state index in [1.165, 1.54) is 0 Å². The van der Waals surface area contributed by atoms with E-state index in [0.29, 0.717) is 12.8 Å². The topological polar surface area (TPSA) is 63.6 Å². The van der Waals surface area contributed by atoms with E-state index in [1.54, 1.807) is 0 Å². The molecule has 2 bridgehead atoms. The maximum absolute atomic E-state index is 10.6. The molecule has 54 valence electrons. The summed E-state index contributed by atoms with van der Waals surface area (Å²) in [7, 11) is 0. The first kappa shape index (κ1) is 5.70. The lowest BCUT2D eigenvalue weighted by atomic mass is 9.74. The van der Waals surface area contributed by atoms with Crippen LogP contribution in [-0.2, 0) is 14.3 Å². The molecule has 0 amide bonds. The number of rotatable bonds is 1. The molecule has 0 unspecified atom stereocenters. The van der Waals surface area contributed by atoms with Gasteiger partial charge in [0.15, 0.2) is 0 Å². The second kappa shape index (κ2) is 1.33. The monoisotopic (exact) mass is 142 g/mol. The number of ether oxygens (including phenoxy) is 1. The molecule has 0 aromatic rings. The number of esters is 1. The zero-order chi connectivity index (χ0) is 7.35. The molecule has 0 aromatic carbocycles. The Hall–Kier alpha value is -1.06. The van der Waals surface area contributed by atoms with E-state index in [4.69, 9.17) is 5.11 Å². The molecular formula is C6H6O4. The zero-order valence-electron chi connectivity index (χ0n) is 5.16. The Labute approximate surface area is 56.8 Å². The molecule has 4 nitrogen and oxygen atoms in total. The minimum absolute atomic E-state index is 0.129. The Balaban J connectivity index is 2.25. The molecule has 2 saturated heterocycles. The molecule has 2 aliphatic heterocycles. The van der Waals surface area contributed by atoms with Gasteiger partial charge in [-0.25, -0.2) is 4.79 Å². The molecule has 4 heteroatoms.